The Morgan fingerprint density at radius 3 is 2.73 bits per heavy atom. The topological polar surface area (TPSA) is 87.9 Å². The number of rotatable bonds is 5. The Labute approximate surface area is 153 Å². The smallest absolute Gasteiger partial charge is 0.316 e. The van der Waals surface area contributed by atoms with Crippen LogP contribution in [0.4, 0.5) is 0 Å². The molecule has 1 N–H and O–H groups in total. The van der Waals surface area contributed by atoms with Gasteiger partial charge in [-0.1, -0.05) is 37.1 Å². The molecule has 2 atom stereocenters. The van der Waals surface area contributed by atoms with Crippen LogP contribution in [0.2, 0.25) is 0 Å². The molecule has 0 bridgehead atoms. The van der Waals surface area contributed by atoms with Gasteiger partial charge in [-0.05, 0) is 29.9 Å². The van der Waals surface area contributed by atoms with Crippen molar-refractivity contribution in [3.8, 4) is 23.2 Å². The van der Waals surface area contributed by atoms with Crippen molar-refractivity contribution in [2.75, 3.05) is 13.7 Å². The number of hydrogen-bond acceptors (Lipinski definition) is 5. The van der Waals surface area contributed by atoms with Gasteiger partial charge in [0, 0.05) is 23.9 Å². The second kappa shape index (κ2) is 8.43. The number of nitrogens with zero attached hydrogens (tertiary/aromatic N) is 3. The first-order valence-electron chi connectivity index (χ1n) is 8.84. The number of aromatic nitrogens is 2. The van der Waals surface area contributed by atoms with E-state index in [0.29, 0.717) is 6.01 Å². The van der Waals surface area contributed by atoms with Crippen molar-refractivity contribution in [2.45, 2.75) is 31.6 Å². The minimum Gasteiger partial charge on any atom is -0.467 e. The minimum atomic E-state index is -0.114. The van der Waals surface area contributed by atoms with Gasteiger partial charge in [-0.25, -0.2) is 9.97 Å². The Bertz CT molecular complexity index is 798. The zero-order valence-corrected chi connectivity index (χ0v) is 14.8. The number of nitrogens with one attached hydrogen (secondary N) is 1. The summed E-state index contributed by atoms with van der Waals surface area (Å²) in [6, 6.07) is 10.4. The Morgan fingerprint density at radius 2 is 2.00 bits per heavy atom. The highest BCUT2D eigenvalue weighted by Crippen LogP contribution is 2.41. The molecule has 1 aliphatic rings. The second-order valence-electron chi connectivity index (χ2n) is 6.42. The molecule has 0 aliphatic heterocycles. The first-order chi connectivity index (χ1) is 12.7. The summed E-state index contributed by atoms with van der Waals surface area (Å²) in [6.45, 7) is 0.0516. The average Bonchev–Trinajstić information content (AvgIpc) is 2.72. The maximum absolute atomic E-state index is 12.6. The third kappa shape index (κ3) is 3.83. The van der Waals surface area contributed by atoms with Gasteiger partial charge < -0.3 is 10.1 Å². The van der Waals surface area contributed by atoms with Crippen LogP contribution in [0.15, 0.2) is 36.7 Å². The van der Waals surface area contributed by atoms with Crippen molar-refractivity contribution in [1.82, 2.24) is 15.3 Å². The van der Waals surface area contributed by atoms with Crippen molar-refractivity contribution < 1.29 is 9.53 Å². The van der Waals surface area contributed by atoms with Gasteiger partial charge in [0.25, 0.3) is 0 Å². The molecule has 6 nitrogen and oxygen atoms in total. The van der Waals surface area contributed by atoms with Crippen LogP contribution in [0.1, 0.15) is 37.2 Å². The molecular formula is C20H22N4O2. The fourth-order valence-electron chi connectivity index (χ4n) is 3.72. The third-order valence-electron chi connectivity index (χ3n) is 4.93. The Hall–Kier alpha value is -2.94. The van der Waals surface area contributed by atoms with Crippen LogP contribution < -0.4 is 10.1 Å². The lowest BCUT2D eigenvalue weighted by Gasteiger charge is -2.32. The summed E-state index contributed by atoms with van der Waals surface area (Å²) in [4.78, 5) is 21.0. The minimum absolute atomic E-state index is 0.0305. The first-order valence-corrected chi connectivity index (χ1v) is 8.84. The van der Waals surface area contributed by atoms with Gasteiger partial charge in [-0.15, -0.1) is 0 Å². The summed E-state index contributed by atoms with van der Waals surface area (Å²) < 4.78 is 5.04. The van der Waals surface area contributed by atoms with Gasteiger partial charge in [-0.3, -0.25) is 4.79 Å². The Balaban J connectivity index is 1.94. The van der Waals surface area contributed by atoms with Gasteiger partial charge in [0.2, 0.25) is 5.91 Å². The van der Waals surface area contributed by atoms with E-state index in [2.05, 4.69) is 21.4 Å². The Morgan fingerprint density at radius 1 is 1.27 bits per heavy atom. The zero-order valence-electron chi connectivity index (χ0n) is 14.8. The number of methoxy groups -OCH3 is 1. The van der Waals surface area contributed by atoms with E-state index < -0.39 is 0 Å². The monoisotopic (exact) mass is 350 g/mol. The molecule has 1 fully saturated rings. The molecule has 0 radical (unpaired) electrons. The lowest BCUT2D eigenvalue weighted by molar-refractivity contribution is -0.126. The van der Waals surface area contributed by atoms with Gasteiger partial charge in [0.15, 0.2) is 0 Å². The number of amides is 1. The molecule has 0 saturated heterocycles. The molecule has 26 heavy (non-hydrogen) atoms. The fraction of sp³-hybridized carbons (Fsp3) is 0.400. The second-order valence-corrected chi connectivity index (χ2v) is 6.42. The average molecular weight is 350 g/mol. The van der Waals surface area contributed by atoms with Crippen LogP contribution in [-0.4, -0.2) is 29.5 Å². The number of carbonyl (C=O) groups excluding carboxylic acids is 1. The summed E-state index contributed by atoms with van der Waals surface area (Å²) >= 11 is 0. The van der Waals surface area contributed by atoms with E-state index in [1.807, 2.05) is 24.3 Å². The molecule has 1 amide bonds. The molecule has 6 heteroatoms. The number of carbonyl (C=O) groups is 1. The van der Waals surface area contributed by atoms with Crippen molar-refractivity contribution in [3.63, 3.8) is 0 Å². The largest absolute Gasteiger partial charge is 0.467 e. The molecule has 1 aromatic carbocycles. The number of ether oxygens (including phenoxy) is 1. The molecule has 2 aromatic rings. The van der Waals surface area contributed by atoms with E-state index in [1.54, 1.807) is 12.4 Å². The van der Waals surface area contributed by atoms with Crippen molar-refractivity contribution in [3.05, 3.63) is 42.2 Å². The van der Waals surface area contributed by atoms with E-state index >= 15 is 0 Å². The summed E-state index contributed by atoms with van der Waals surface area (Å²) in [5.41, 5.74) is 3.08. The first kappa shape index (κ1) is 17.9. The predicted octanol–water partition coefficient (Wildman–Crippen LogP) is 3.07. The van der Waals surface area contributed by atoms with Gasteiger partial charge in [0.05, 0.1) is 13.2 Å². The van der Waals surface area contributed by atoms with E-state index in [1.165, 1.54) is 7.11 Å². The van der Waals surface area contributed by atoms with E-state index in [9.17, 15) is 4.79 Å². The number of benzene rings is 1. The number of hydrogen-bond donors (Lipinski definition) is 1. The molecule has 1 aromatic heterocycles. The van der Waals surface area contributed by atoms with Crippen molar-refractivity contribution in [2.24, 2.45) is 5.92 Å². The molecule has 1 heterocycles. The maximum atomic E-state index is 12.6. The summed E-state index contributed by atoms with van der Waals surface area (Å²) in [5.74, 6) is -0.0183. The summed E-state index contributed by atoms with van der Waals surface area (Å²) in [6.07, 6.45) is 7.43. The Kier molecular flexibility index (Phi) is 5.80. The van der Waals surface area contributed by atoms with E-state index in [4.69, 9.17) is 10.00 Å². The zero-order chi connectivity index (χ0) is 18.4. The predicted molar refractivity (Wildman–Crippen MR) is 97.3 cm³/mol. The van der Waals surface area contributed by atoms with Gasteiger partial charge in [-0.2, -0.15) is 5.26 Å². The standard InChI is InChI=1S/C20H22N4O2/c1-26-20-23-12-14(13-24-20)15-6-2-3-7-16(15)17-8-4-5-9-18(17)19(25)22-11-10-21/h2-3,6-7,12-13,17-18H,4-5,8-9,11H2,1H3,(H,22,25). The van der Waals surface area contributed by atoms with Crippen LogP contribution >= 0.6 is 0 Å². The molecule has 1 saturated carbocycles. The quantitative estimate of drug-likeness (QED) is 0.837. The van der Waals surface area contributed by atoms with Crippen LogP contribution in [0, 0.1) is 17.2 Å². The molecule has 1 aliphatic carbocycles. The normalized spacial score (nSPS) is 19.4. The molecular weight excluding hydrogens is 328 g/mol. The maximum Gasteiger partial charge on any atom is 0.316 e. The molecule has 2 unspecified atom stereocenters. The van der Waals surface area contributed by atoms with E-state index in [-0.39, 0.29) is 24.3 Å². The van der Waals surface area contributed by atoms with Crippen LogP contribution in [0.5, 0.6) is 6.01 Å². The lowest BCUT2D eigenvalue weighted by Crippen LogP contribution is -2.36. The van der Waals surface area contributed by atoms with Crippen LogP contribution in [-0.2, 0) is 4.79 Å². The van der Waals surface area contributed by atoms with Gasteiger partial charge >= 0.3 is 6.01 Å². The SMILES string of the molecule is COc1ncc(-c2ccccc2C2CCCCC2C(=O)NCC#N)cn1. The summed E-state index contributed by atoms with van der Waals surface area (Å²) in [5, 5.41) is 11.5. The molecule has 134 valence electrons. The highest BCUT2D eigenvalue weighted by atomic mass is 16.5. The lowest BCUT2D eigenvalue weighted by atomic mass is 9.73. The van der Waals surface area contributed by atoms with Gasteiger partial charge in [0.1, 0.15) is 6.54 Å². The van der Waals surface area contributed by atoms with E-state index in [0.717, 1.165) is 42.4 Å². The van der Waals surface area contributed by atoms with Crippen LogP contribution in [0.3, 0.4) is 0 Å². The van der Waals surface area contributed by atoms with Crippen molar-refractivity contribution >= 4 is 5.91 Å². The highest BCUT2D eigenvalue weighted by molar-refractivity contribution is 5.81. The highest BCUT2D eigenvalue weighted by Gasteiger charge is 2.33. The van der Waals surface area contributed by atoms with Crippen LogP contribution in [0.25, 0.3) is 11.1 Å². The fourth-order valence-corrected chi connectivity index (χ4v) is 3.72. The van der Waals surface area contributed by atoms with Crippen molar-refractivity contribution in [1.29, 1.82) is 5.26 Å². The molecule has 0 spiro atoms. The third-order valence-corrected chi connectivity index (χ3v) is 4.93. The summed E-state index contributed by atoms with van der Waals surface area (Å²) in [7, 11) is 1.54. The number of nitriles is 1. The molecule has 3 rings (SSSR count).